The van der Waals surface area contributed by atoms with Gasteiger partial charge in [-0.2, -0.15) is 9.97 Å². The van der Waals surface area contributed by atoms with Crippen LogP contribution in [-0.4, -0.2) is 101 Å². The van der Waals surface area contributed by atoms with Gasteiger partial charge in [0, 0.05) is 70.9 Å². The summed E-state index contributed by atoms with van der Waals surface area (Å²) in [5.74, 6) is 1.11. The van der Waals surface area contributed by atoms with E-state index in [0.717, 1.165) is 56.4 Å². The molecule has 7 heterocycles. The number of rotatable bonds is 7. The summed E-state index contributed by atoms with van der Waals surface area (Å²) < 4.78 is 6.19. The van der Waals surface area contributed by atoms with Crippen LogP contribution < -0.4 is 42.9 Å². The predicted octanol–water partition coefficient (Wildman–Crippen LogP) is -0.248. The highest BCUT2D eigenvalue weighted by Crippen LogP contribution is 2.23. The summed E-state index contributed by atoms with van der Waals surface area (Å²) in [4.78, 5) is 84.5. The fraction of sp³-hybridized carbons (Fsp3) is 0.412. The number of aromatic amines is 2. The molecule has 19 heteroatoms. The van der Waals surface area contributed by atoms with Crippen molar-refractivity contribution in [1.29, 1.82) is 0 Å². The fourth-order valence-electron chi connectivity index (χ4n) is 6.64. The smallest absolute Gasteiger partial charge is 0.329 e. The summed E-state index contributed by atoms with van der Waals surface area (Å²) in [6.07, 6.45) is 0.994. The minimum atomic E-state index is -0.539. The van der Waals surface area contributed by atoms with Crippen molar-refractivity contribution in [2.24, 2.45) is 14.1 Å². The number of hydrogen-bond acceptors (Lipinski definition) is 13. The molecule has 0 amide bonds. The second-order valence-corrected chi connectivity index (χ2v) is 14.0. The third-order valence-electron chi connectivity index (χ3n) is 9.38. The third-order valence-corrected chi connectivity index (χ3v) is 10.2. The van der Waals surface area contributed by atoms with E-state index in [9.17, 15) is 24.0 Å². The number of Topliss-reactive ketones (excluding diaryl/α,β-unsaturated/α-hetero) is 1. The van der Waals surface area contributed by atoms with E-state index in [1.165, 1.54) is 9.13 Å². The lowest BCUT2D eigenvalue weighted by molar-refractivity contribution is 0.0973. The predicted molar refractivity (Wildman–Crippen MR) is 203 cm³/mol. The maximum atomic E-state index is 12.8. The first-order chi connectivity index (χ1) is 25.6. The van der Waals surface area contributed by atoms with Gasteiger partial charge in [-0.05, 0) is 19.9 Å². The first-order valence-corrected chi connectivity index (χ1v) is 18.3. The maximum Gasteiger partial charge on any atom is 0.329 e. The molecule has 2 aliphatic rings. The zero-order valence-electron chi connectivity index (χ0n) is 29.7. The highest BCUT2D eigenvalue weighted by atomic mass is 32.1. The Morgan fingerprint density at radius 2 is 1.28 bits per heavy atom. The van der Waals surface area contributed by atoms with Crippen LogP contribution in [0.4, 0.5) is 11.9 Å². The normalized spacial score (nSPS) is 15.1. The number of benzene rings is 1. The van der Waals surface area contributed by atoms with Crippen LogP contribution in [0.1, 0.15) is 27.5 Å². The number of carbonyl (C=O) groups excluding carboxylic acids is 1. The van der Waals surface area contributed by atoms with Crippen molar-refractivity contribution in [3.63, 3.8) is 0 Å². The summed E-state index contributed by atoms with van der Waals surface area (Å²) in [6.45, 7) is 8.80. The molecule has 278 valence electrons. The van der Waals surface area contributed by atoms with Crippen LogP contribution in [0.5, 0.6) is 0 Å². The third kappa shape index (κ3) is 7.22. The number of hydrogen-bond donors (Lipinski definition) is 4. The van der Waals surface area contributed by atoms with E-state index in [1.807, 2.05) is 27.8 Å². The second-order valence-electron chi connectivity index (χ2n) is 13.0. The molecule has 0 bridgehead atoms. The quantitative estimate of drug-likeness (QED) is 0.156. The van der Waals surface area contributed by atoms with Gasteiger partial charge < -0.3 is 20.4 Å². The van der Waals surface area contributed by atoms with Crippen molar-refractivity contribution in [3.05, 3.63) is 93.7 Å². The highest BCUT2D eigenvalue weighted by Gasteiger charge is 2.25. The number of aryl methyl sites for hydroxylation is 3. The Hall–Kier alpha value is -5.66. The van der Waals surface area contributed by atoms with Gasteiger partial charge in [0.15, 0.2) is 28.1 Å². The average Bonchev–Trinajstić information content (AvgIpc) is 3.79. The second kappa shape index (κ2) is 15.1. The number of imidazole rings is 2. The zero-order chi connectivity index (χ0) is 37.2. The monoisotopic (exact) mass is 743 g/mol. The minimum Gasteiger partial charge on any atom is -0.341 e. The largest absolute Gasteiger partial charge is 0.341 e. The standard InChI is InChI=1S/C18H20N6O3.C16H21N7O2S/c1-22-15-14(16(26)21-18(22)27)24(11-13(25)12-5-3-2-4-6-12)17(20-15)23-9-7-19-8-10-23;1-10-18-11(9-26-10)8-23-12-13(21(2)16(25)20-14(12)24)19-15(23)22-6-3-4-17-5-7-22/h2-6,19H,7-11H2,1H3,(H,21,26,27);9,17H,3-8H2,1-2H3,(H,20,24,25). The van der Waals surface area contributed by atoms with Crippen molar-refractivity contribution < 1.29 is 4.79 Å². The number of aromatic nitrogens is 9. The SMILES string of the molecule is Cc1nc(Cn2c(N3CCCNCC3)nc3c2c(=O)[nH]c(=O)n3C)cs1.Cn1c(=O)[nH]c(=O)c2c1nc(N1CCNCC1)n2CC(=O)c1ccccc1. The molecule has 18 nitrogen and oxygen atoms in total. The molecule has 5 aromatic heterocycles. The Kier molecular flexibility index (Phi) is 10.2. The van der Waals surface area contributed by atoms with Gasteiger partial charge in [-0.1, -0.05) is 30.3 Å². The van der Waals surface area contributed by atoms with E-state index < -0.39 is 22.5 Å². The molecule has 2 aliphatic heterocycles. The molecule has 1 aromatic carbocycles. The van der Waals surface area contributed by atoms with Gasteiger partial charge in [0.25, 0.3) is 11.1 Å². The Bertz CT molecular complexity index is 2510. The molecule has 0 atom stereocenters. The summed E-state index contributed by atoms with van der Waals surface area (Å²) in [6, 6.07) is 8.92. The van der Waals surface area contributed by atoms with E-state index in [0.29, 0.717) is 48.3 Å². The molecule has 0 aliphatic carbocycles. The molecular formula is C34H41N13O5S. The molecule has 4 N–H and O–H groups in total. The van der Waals surface area contributed by atoms with Crippen LogP contribution in [0.15, 0.2) is 54.9 Å². The molecule has 0 unspecified atom stereocenters. The first kappa shape index (κ1) is 35.7. The summed E-state index contributed by atoms with van der Waals surface area (Å²) >= 11 is 1.58. The fourth-order valence-corrected chi connectivity index (χ4v) is 7.24. The zero-order valence-corrected chi connectivity index (χ0v) is 30.5. The number of nitrogens with zero attached hydrogens (tertiary/aromatic N) is 9. The minimum absolute atomic E-state index is 0.0267. The Morgan fingerprint density at radius 3 is 1.87 bits per heavy atom. The molecule has 2 fully saturated rings. The highest BCUT2D eigenvalue weighted by molar-refractivity contribution is 7.09. The van der Waals surface area contributed by atoms with Crippen molar-refractivity contribution in [3.8, 4) is 0 Å². The number of piperazine rings is 1. The molecule has 0 radical (unpaired) electrons. The lowest BCUT2D eigenvalue weighted by Gasteiger charge is -2.28. The van der Waals surface area contributed by atoms with Crippen molar-refractivity contribution in [2.75, 3.05) is 62.2 Å². The summed E-state index contributed by atoms with van der Waals surface area (Å²) in [5, 5.41) is 9.61. The van der Waals surface area contributed by atoms with Gasteiger partial charge >= 0.3 is 11.4 Å². The van der Waals surface area contributed by atoms with Gasteiger partial charge in [-0.15, -0.1) is 11.3 Å². The molecular weight excluding hydrogens is 703 g/mol. The lowest BCUT2D eigenvalue weighted by atomic mass is 10.1. The maximum absolute atomic E-state index is 12.8. The van der Waals surface area contributed by atoms with E-state index in [4.69, 9.17) is 0 Å². The number of ketones is 1. The molecule has 2 saturated heterocycles. The Labute approximate surface area is 305 Å². The summed E-state index contributed by atoms with van der Waals surface area (Å²) in [7, 11) is 3.18. The topological polar surface area (TPSA) is 206 Å². The van der Waals surface area contributed by atoms with Gasteiger partial charge in [-0.3, -0.25) is 42.6 Å². The number of fused-ring (bicyclic) bond motifs is 2. The summed E-state index contributed by atoms with van der Waals surface area (Å²) in [5.41, 5.74) is 0.820. The van der Waals surface area contributed by atoms with Gasteiger partial charge in [0.1, 0.15) is 0 Å². The lowest BCUT2D eigenvalue weighted by Crippen LogP contribution is -2.44. The van der Waals surface area contributed by atoms with Crippen molar-refractivity contribution >= 4 is 51.3 Å². The van der Waals surface area contributed by atoms with E-state index in [1.54, 1.807) is 54.3 Å². The van der Waals surface area contributed by atoms with Crippen LogP contribution in [0.2, 0.25) is 0 Å². The number of anilines is 2. The molecule has 0 saturated carbocycles. The van der Waals surface area contributed by atoms with Crippen LogP contribution in [-0.2, 0) is 27.2 Å². The van der Waals surface area contributed by atoms with E-state index >= 15 is 0 Å². The van der Waals surface area contributed by atoms with Crippen LogP contribution in [0.25, 0.3) is 22.3 Å². The number of thiazole rings is 1. The molecule has 6 aromatic rings. The Morgan fingerprint density at radius 1 is 0.736 bits per heavy atom. The number of H-pyrrole nitrogens is 2. The van der Waals surface area contributed by atoms with Crippen LogP contribution in [0, 0.1) is 6.92 Å². The molecule has 8 rings (SSSR count). The van der Waals surface area contributed by atoms with E-state index in [-0.39, 0.29) is 23.5 Å². The average molecular weight is 744 g/mol. The van der Waals surface area contributed by atoms with Crippen molar-refractivity contribution in [1.82, 2.24) is 53.8 Å². The number of nitrogens with one attached hydrogen (secondary N) is 4. The van der Waals surface area contributed by atoms with Crippen LogP contribution >= 0.6 is 11.3 Å². The van der Waals surface area contributed by atoms with Crippen molar-refractivity contribution in [2.45, 2.75) is 26.4 Å². The van der Waals surface area contributed by atoms with Gasteiger partial charge in [-0.25, -0.2) is 14.6 Å². The first-order valence-electron chi connectivity index (χ1n) is 17.4. The molecule has 0 spiro atoms. The van der Waals surface area contributed by atoms with Crippen LogP contribution in [0.3, 0.4) is 0 Å². The molecule has 53 heavy (non-hydrogen) atoms. The number of carbonyl (C=O) groups is 1. The Balaban J connectivity index is 0.000000164. The van der Waals surface area contributed by atoms with Gasteiger partial charge in [0.2, 0.25) is 11.9 Å². The van der Waals surface area contributed by atoms with E-state index in [2.05, 4.69) is 40.5 Å². The van der Waals surface area contributed by atoms with Gasteiger partial charge in [0.05, 0.1) is 23.8 Å².